The van der Waals surface area contributed by atoms with Crippen LogP contribution in [0.3, 0.4) is 0 Å². The van der Waals surface area contributed by atoms with Gasteiger partial charge in [0, 0.05) is 37.6 Å². The molecule has 0 spiro atoms. The lowest BCUT2D eigenvalue weighted by Crippen LogP contribution is -2.38. The highest BCUT2D eigenvalue weighted by molar-refractivity contribution is 6.00. The fourth-order valence-electron chi connectivity index (χ4n) is 2.98. The largest absolute Gasteiger partial charge is 0.406 e. The van der Waals surface area contributed by atoms with E-state index < -0.39 is 24.5 Å². The summed E-state index contributed by atoms with van der Waals surface area (Å²) in [6.07, 6.45) is -0.689. The first-order valence-corrected chi connectivity index (χ1v) is 6.94. The number of alkyl halides is 3. The van der Waals surface area contributed by atoms with Crippen LogP contribution in [0.15, 0.2) is 18.5 Å². The zero-order chi connectivity index (χ0) is 15.9. The zero-order valence-electron chi connectivity index (χ0n) is 11.6. The molecule has 0 radical (unpaired) electrons. The first kappa shape index (κ1) is 14.8. The molecule has 2 aliphatic rings. The van der Waals surface area contributed by atoms with Crippen molar-refractivity contribution in [2.24, 2.45) is 5.92 Å². The molecule has 0 saturated carbocycles. The van der Waals surface area contributed by atoms with Gasteiger partial charge in [-0.15, -0.1) is 0 Å². The van der Waals surface area contributed by atoms with Gasteiger partial charge in [-0.3, -0.25) is 14.6 Å². The quantitative estimate of drug-likeness (QED) is 0.829. The summed E-state index contributed by atoms with van der Waals surface area (Å²) < 4.78 is 37.2. The van der Waals surface area contributed by atoms with Crippen molar-refractivity contribution >= 4 is 17.5 Å². The fraction of sp³-hybridized carbons (Fsp3) is 0.500. The number of fused-ring (bicyclic) bond motifs is 1. The lowest BCUT2D eigenvalue weighted by molar-refractivity contribution is -0.157. The maximum atomic E-state index is 12.5. The van der Waals surface area contributed by atoms with E-state index in [9.17, 15) is 22.8 Å². The summed E-state index contributed by atoms with van der Waals surface area (Å²) in [5, 5.41) is 0. The molecule has 2 aliphatic heterocycles. The molecule has 8 heteroatoms. The molecule has 0 unspecified atom stereocenters. The first-order valence-electron chi connectivity index (χ1n) is 6.94. The van der Waals surface area contributed by atoms with Gasteiger partial charge in [-0.05, 0) is 18.1 Å². The summed E-state index contributed by atoms with van der Waals surface area (Å²) >= 11 is 0. The number of carbonyl (C=O) groups excluding carboxylic acids is 2. The van der Waals surface area contributed by atoms with Gasteiger partial charge in [0.15, 0.2) is 0 Å². The van der Waals surface area contributed by atoms with Crippen LogP contribution >= 0.6 is 0 Å². The zero-order valence-corrected chi connectivity index (χ0v) is 11.6. The second-order valence-electron chi connectivity index (χ2n) is 5.53. The molecule has 118 valence electrons. The van der Waals surface area contributed by atoms with Crippen LogP contribution in [-0.4, -0.2) is 47.5 Å². The predicted octanol–water partition coefficient (Wildman–Crippen LogP) is 1.38. The highest BCUT2D eigenvalue weighted by atomic mass is 19.4. The van der Waals surface area contributed by atoms with Crippen molar-refractivity contribution in [3.63, 3.8) is 0 Å². The summed E-state index contributed by atoms with van der Waals surface area (Å²) in [4.78, 5) is 30.4. The van der Waals surface area contributed by atoms with Gasteiger partial charge in [-0.1, -0.05) is 0 Å². The van der Waals surface area contributed by atoms with Gasteiger partial charge in [0.25, 0.3) is 0 Å². The maximum Gasteiger partial charge on any atom is 0.406 e. The Kier molecular flexibility index (Phi) is 3.54. The summed E-state index contributed by atoms with van der Waals surface area (Å²) in [6.45, 7) is -0.992. The Labute approximate surface area is 124 Å². The topological polar surface area (TPSA) is 53.5 Å². The molecule has 1 atom stereocenters. The smallest absolute Gasteiger partial charge is 0.333 e. The van der Waals surface area contributed by atoms with Crippen molar-refractivity contribution in [3.05, 3.63) is 24.0 Å². The van der Waals surface area contributed by atoms with Crippen molar-refractivity contribution in [1.82, 2.24) is 9.88 Å². The van der Waals surface area contributed by atoms with E-state index in [1.54, 1.807) is 23.4 Å². The number of aromatic nitrogens is 1. The molecule has 1 fully saturated rings. The van der Waals surface area contributed by atoms with Crippen molar-refractivity contribution in [1.29, 1.82) is 0 Å². The van der Waals surface area contributed by atoms with E-state index in [0.29, 0.717) is 17.9 Å². The van der Waals surface area contributed by atoms with Crippen molar-refractivity contribution < 1.29 is 22.8 Å². The average molecular weight is 313 g/mol. The number of pyridine rings is 1. The molecule has 22 heavy (non-hydrogen) atoms. The summed E-state index contributed by atoms with van der Waals surface area (Å²) in [5.74, 6) is -1.62. The van der Waals surface area contributed by atoms with Gasteiger partial charge in [0.1, 0.15) is 6.54 Å². The number of likely N-dealkylation sites (tertiary alicyclic amines) is 1. The Hall–Kier alpha value is -2.12. The summed E-state index contributed by atoms with van der Waals surface area (Å²) in [7, 11) is 0. The second kappa shape index (κ2) is 5.26. The SMILES string of the molecule is O=C1C[C@H](C(=O)N2CCc3cnccc32)CN1CC(F)(F)F. The van der Waals surface area contributed by atoms with Crippen LogP contribution < -0.4 is 4.90 Å². The molecular weight excluding hydrogens is 299 g/mol. The predicted molar refractivity (Wildman–Crippen MR) is 71.0 cm³/mol. The molecule has 3 rings (SSSR count). The van der Waals surface area contributed by atoms with E-state index in [1.807, 2.05) is 0 Å². The van der Waals surface area contributed by atoms with Gasteiger partial charge in [0.2, 0.25) is 11.8 Å². The Morgan fingerprint density at radius 3 is 2.91 bits per heavy atom. The number of halogens is 3. The third kappa shape index (κ3) is 2.77. The van der Waals surface area contributed by atoms with Crippen LogP contribution in [0.5, 0.6) is 0 Å². The van der Waals surface area contributed by atoms with E-state index in [1.165, 1.54) is 0 Å². The molecule has 0 aromatic carbocycles. The van der Waals surface area contributed by atoms with Gasteiger partial charge in [0.05, 0.1) is 5.92 Å². The van der Waals surface area contributed by atoms with Crippen LogP contribution in [0.25, 0.3) is 0 Å². The number of hydrogen-bond acceptors (Lipinski definition) is 3. The number of hydrogen-bond donors (Lipinski definition) is 0. The highest BCUT2D eigenvalue weighted by Gasteiger charge is 2.42. The standard InChI is InChI=1S/C14H14F3N3O2/c15-14(16,17)8-19-7-10(5-12(19)21)13(22)20-4-2-9-6-18-3-1-11(9)20/h1,3,6,10H,2,4-5,7-8H2/t10-/m0/s1. The minimum Gasteiger partial charge on any atom is -0.333 e. The summed E-state index contributed by atoms with van der Waals surface area (Å²) in [6, 6.07) is 1.71. The van der Waals surface area contributed by atoms with E-state index in [-0.39, 0.29) is 18.9 Å². The van der Waals surface area contributed by atoms with Crippen LogP contribution in [0.4, 0.5) is 18.9 Å². The van der Waals surface area contributed by atoms with Gasteiger partial charge in [-0.25, -0.2) is 0 Å². The number of carbonyl (C=O) groups is 2. The molecular formula is C14H14F3N3O2. The van der Waals surface area contributed by atoms with Crippen molar-refractivity contribution in [2.45, 2.75) is 19.0 Å². The Balaban J connectivity index is 1.71. The third-order valence-corrected chi connectivity index (χ3v) is 3.97. The highest BCUT2D eigenvalue weighted by Crippen LogP contribution is 2.31. The molecule has 0 N–H and O–H groups in total. The van der Waals surface area contributed by atoms with Crippen LogP contribution in [0.1, 0.15) is 12.0 Å². The third-order valence-electron chi connectivity index (χ3n) is 3.97. The number of anilines is 1. The number of amides is 2. The molecule has 5 nitrogen and oxygen atoms in total. The van der Waals surface area contributed by atoms with Crippen molar-refractivity contribution in [3.8, 4) is 0 Å². The fourth-order valence-corrected chi connectivity index (χ4v) is 2.98. The lowest BCUT2D eigenvalue weighted by Gasteiger charge is -2.22. The minimum absolute atomic E-state index is 0.161. The molecule has 3 heterocycles. The van der Waals surface area contributed by atoms with Crippen molar-refractivity contribution in [2.75, 3.05) is 24.5 Å². The van der Waals surface area contributed by atoms with Crippen LogP contribution in [0, 0.1) is 5.92 Å². The summed E-state index contributed by atoms with van der Waals surface area (Å²) in [5.41, 5.74) is 1.68. The van der Waals surface area contributed by atoms with E-state index in [4.69, 9.17) is 0 Å². The van der Waals surface area contributed by atoms with E-state index in [0.717, 1.165) is 11.3 Å². The first-order chi connectivity index (χ1) is 10.3. The number of nitrogens with zero attached hydrogens (tertiary/aromatic N) is 3. The minimum atomic E-state index is -4.44. The van der Waals surface area contributed by atoms with Crippen LogP contribution in [-0.2, 0) is 16.0 Å². The molecule has 1 aromatic rings. The molecule has 2 amide bonds. The Morgan fingerprint density at radius 2 is 2.18 bits per heavy atom. The second-order valence-corrected chi connectivity index (χ2v) is 5.53. The maximum absolute atomic E-state index is 12.5. The normalized spacial score (nSPS) is 21.4. The Bertz CT molecular complexity index is 618. The molecule has 1 saturated heterocycles. The van der Waals surface area contributed by atoms with Gasteiger partial charge < -0.3 is 9.80 Å². The monoisotopic (exact) mass is 313 g/mol. The van der Waals surface area contributed by atoms with Crippen LogP contribution in [0.2, 0.25) is 0 Å². The van der Waals surface area contributed by atoms with Gasteiger partial charge >= 0.3 is 6.18 Å². The number of rotatable bonds is 2. The Morgan fingerprint density at radius 1 is 1.41 bits per heavy atom. The van der Waals surface area contributed by atoms with E-state index in [2.05, 4.69) is 4.98 Å². The molecule has 1 aromatic heterocycles. The lowest BCUT2D eigenvalue weighted by atomic mass is 10.1. The molecule has 0 aliphatic carbocycles. The van der Waals surface area contributed by atoms with E-state index >= 15 is 0 Å². The molecule has 0 bridgehead atoms. The van der Waals surface area contributed by atoms with Gasteiger partial charge in [-0.2, -0.15) is 13.2 Å². The average Bonchev–Trinajstić information content (AvgIpc) is 3.01.